The van der Waals surface area contributed by atoms with Crippen LogP contribution < -0.4 is 21.1 Å². The van der Waals surface area contributed by atoms with E-state index in [-0.39, 0.29) is 0 Å². The minimum absolute atomic E-state index is 0.422. The van der Waals surface area contributed by atoms with Crippen LogP contribution in [0.4, 0.5) is 16.2 Å². The van der Waals surface area contributed by atoms with Crippen molar-refractivity contribution in [2.75, 3.05) is 31.2 Å². The largest absolute Gasteiger partial charge is 0.495 e. The fraction of sp³-hybridized carbons (Fsp3) is 0.500. The van der Waals surface area contributed by atoms with Crippen molar-refractivity contribution >= 4 is 17.5 Å². The first-order valence-corrected chi connectivity index (χ1v) is 6.46. The Morgan fingerprint density at radius 1 is 1.30 bits per heavy atom. The molecule has 0 spiro atoms. The van der Waals surface area contributed by atoms with Crippen LogP contribution in [0.3, 0.4) is 0 Å². The van der Waals surface area contributed by atoms with Gasteiger partial charge in [-0.25, -0.2) is 4.79 Å². The van der Waals surface area contributed by atoms with Gasteiger partial charge in [0.15, 0.2) is 0 Å². The highest BCUT2D eigenvalue weighted by molar-refractivity contribution is 5.67. The van der Waals surface area contributed by atoms with Crippen LogP contribution in [0.5, 0.6) is 5.75 Å². The fourth-order valence-corrected chi connectivity index (χ4v) is 1.51. The molecule has 112 valence electrons. The highest BCUT2D eigenvalue weighted by Crippen LogP contribution is 2.24. The number of amides is 1. The van der Waals surface area contributed by atoms with Crippen molar-refractivity contribution in [3.8, 4) is 5.75 Å². The van der Waals surface area contributed by atoms with E-state index in [0.717, 1.165) is 5.69 Å². The summed E-state index contributed by atoms with van der Waals surface area (Å²) in [5.74, 6) is 0.620. The maximum atomic E-state index is 11.4. The summed E-state index contributed by atoms with van der Waals surface area (Å²) in [5.41, 5.74) is 6.71. The monoisotopic (exact) mass is 281 g/mol. The van der Waals surface area contributed by atoms with Crippen molar-refractivity contribution in [3.63, 3.8) is 0 Å². The second kappa shape index (κ2) is 6.88. The summed E-state index contributed by atoms with van der Waals surface area (Å²) in [6, 6.07) is 5.43. The molecule has 1 aromatic carbocycles. The molecule has 1 amide bonds. The van der Waals surface area contributed by atoms with Crippen molar-refractivity contribution < 1.29 is 14.3 Å². The Morgan fingerprint density at radius 2 is 2.00 bits per heavy atom. The lowest BCUT2D eigenvalue weighted by molar-refractivity contribution is 0.0530. The maximum absolute atomic E-state index is 11.4. The van der Waals surface area contributed by atoms with Gasteiger partial charge in [0.2, 0.25) is 0 Å². The number of ether oxygens (including phenoxy) is 2. The third-order valence-electron chi connectivity index (χ3n) is 2.36. The number of nitrogens with one attached hydrogen (secondary N) is 2. The van der Waals surface area contributed by atoms with E-state index in [2.05, 4.69) is 10.6 Å². The number of carbonyl (C=O) groups excluding carboxylic acids is 1. The number of anilines is 2. The Labute approximate surface area is 119 Å². The Balaban J connectivity index is 2.33. The molecule has 0 aromatic heterocycles. The van der Waals surface area contributed by atoms with Crippen molar-refractivity contribution in [2.24, 2.45) is 0 Å². The van der Waals surface area contributed by atoms with Gasteiger partial charge in [0.1, 0.15) is 11.4 Å². The van der Waals surface area contributed by atoms with E-state index in [1.807, 2.05) is 32.9 Å². The number of nitrogen functional groups attached to an aromatic ring is 1. The minimum atomic E-state index is -0.484. The zero-order valence-electron chi connectivity index (χ0n) is 12.4. The van der Waals surface area contributed by atoms with Crippen LogP contribution in [0.25, 0.3) is 0 Å². The lowest BCUT2D eigenvalue weighted by Gasteiger charge is -2.19. The van der Waals surface area contributed by atoms with Crippen molar-refractivity contribution in [1.82, 2.24) is 5.32 Å². The SMILES string of the molecule is COc1cc(NCCNC(=O)OC(C)(C)C)ccc1N. The van der Waals surface area contributed by atoms with E-state index in [1.165, 1.54) is 0 Å². The summed E-state index contributed by atoms with van der Waals surface area (Å²) in [6.45, 7) is 6.51. The average molecular weight is 281 g/mol. The summed E-state index contributed by atoms with van der Waals surface area (Å²) in [7, 11) is 1.57. The molecule has 0 saturated carbocycles. The van der Waals surface area contributed by atoms with Crippen LogP contribution in [-0.2, 0) is 4.74 Å². The van der Waals surface area contributed by atoms with Gasteiger partial charge in [-0.15, -0.1) is 0 Å². The van der Waals surface area contributed by atoms with E-state index in [0.29, 0.717) is 24.5 Å². The van der Waals surface area contributed by atoms with Crippen LogP contribution in [0.15, 0.2) is 18.2 Å². The van der Waals surface area contributed by atoms with Gasteiger partial charge in [0.25, 0.3) is 0 Å². The van der Waals surface area contributed by atoms with Gasteiger partial charge in [-0.05, 0) is 32.9 Å². The first kappa shape index (κ1) is 15.9. The zero-order chi connectivity index (χ0) is 15.2. The molecule has 6 heteroatoms. The first-order chi connectivity index (χ1) is 9.31. The van der Waals surface area contributed by atoms with Crippen LogP contribution in [0, 0.1) is 0 Å². The lowest BCUT2D eigenvalue weighted by atomic mass is 10.2. The summed E-state index contributed by atoms with van der Waals surface area (Å²) >= 11 is 0. The van der Waals surface area contributed by atoms with E-state index in [9.17, 15) is 4.79 Å². The quantitative estimate of drug-likeness (QED) is 0.569. The predicted molar refractivity (Wildman–Crippen MR) is 80.1 cm³/mol. The molecule has 0 atom stereocenters. The molecule has 0 aliphatic heterocycles. The van der Waals surface area contributed by atoms with Crippen LogP contribution in [-0.4, -0.2) is 31.9 Å². The van der Waals surface area contributed by atoms with Gasteiger partial charge < -0.3 is 25.8 Å². The molecule has 20 heavy (non-hydrogen) atoms. The zero-order valence-corrected chi connectivity index (χ0v) is 12.4. The molecule has 0 bridgehead atoms. The van der Waals surface area contributed by atoms with Gasteiger partial charge >= 0.3 is 6.09 Å². The van der Waals surface area contributed by atoms with Crippen LogP contribution in [0.2, 0.25) is 0 Å². The van der Waals surface area contributed by atoms with Gasteiger partial charge in [-0.2, -0.15) is 0 Å². The Morgan fingerprint density at radius 3 is 2.60 bits per heavy atom. The third kappa shape index (κ3) is 5.69. The molecule has 0 saturated heterocycles. The number of nitrogens with two attached hydrogens (primary N) is 1. The van der Waals surface area contributed by atoms with Crippen molar-refractivity contribution in [2.45, 2.75) is 26.4 Å². The van der Waals surface area contributed by atoms with Gasteiger partial charge in [-0.1, -0.05) is 0 Å². The second-order valence-electron chi connectivity index (χ2n) is 5.31. The third-order valence-corrected chi connectivity index (χ3v) is 2.36. The number of carbonyl (C=O) groups is 1. The molecule has 1 rings (SSSR count). The number of alkyl carbamates (subject to hydrolysis) is 1. The van der Waals surface area contributed by atoms with E-state index >= 15 is 0 Å². The fourth-order valence-electron chi connectivity index (χ4n) is 1.51. The molecule has 1 aromatic rings. The Kier molecular flexibility index (Phi) is 5.49. The lowest BCUT2D eigenvalue weighted by Crippen LogP contribution is -2.34. The van der Waals surface area contributed by atoms with Gasteiger partial charge in [0.05, 0.1) is 12.8 Å². The maximum Gasteiger partial charge on any atom is 0.407 e. The number of benzene rings is 1. The molecule has 0 radical (unpaired) electrons. The summed E-state index contributed by atoms with van der Waals surface area (Å²) in [6.07, 6.45) is -0.422. The molecule has 0 aliphatic rings. The number of methoxy groups -OCH3 is 1. The van der Waals surface area contributed by atoms with Crippen LogP contribution in [0.1, 0.15) is 20.8 Å². The van der Waals surface area contributed by atoms with E-state index in [1.54, 1.807) is 13.2 Å². The molecular formula is C14H23N3O3. The van der Waals surface area contributed by atoms with Gasteiger partial charge in [0, 0.05) is 24.8 Å². The molecule has 0 fully saturated rings. The molecule has 6 nitrogen and oxygen atoms in total. The molecule has 0 heterocycles. The average Bonchev–Trinajstić information content (AvgIpc) is 2.34. The number of rotatable bonds is 5. The second-order valence-corrected chi connectivity index (χ2v) is 5.31. The normalized spacial score (nSPS) is 10.8. The summed E-state index contributed by atoms with van der Waals surface area (Å²) < 4.78 is 10.3. The molecular weight excluding hydrogens is 258 g/mol. The number of hydrogen-bond donors (Lipinski definition) is 3. The Hall–Kier alpha value is -2.11. The minimum Gasteiger partial charge on any atom is -0.495 e. The van der Waals surface area contributed by atoms with Crippen molar-refractivity contribution in [3.05, 3.63) is 18.2 Å². The summed E-state index contributed by atoms with van der Waals surface area (Å²) in [5, 5.41) is 5.83. The van der Waals surface area contributed by atoms with E-state index in [4.69, 9.17) is 15.2 Å². The Bertz CT molecular complexity index is 455. The molecule has 0 unspecified atom stereocenters. The molecule has 4 N–H and O–H groups in total. The van der Waals surface area contributed by atoms with Crippen LogP contribution >= 0.6 is 0 Å². The van der Waals surface area contributed by atoms with Crippen molar-refractivity contribution in [1.29, 1.82) is 0 Å². The van der Waals surface area contributed by atoms with E-state index < -0.39 is 11.7 Å². The first-order valence-electron chi connectivity index (χ1n) is 6.46. The smallest absolute Gasteiger partial charge is 0.407 e. The van der Waals surface area contributed by atoms with Gasteiger partial charge in [-0.3, -0.25) is 0 Å². The predicted octanol–water partition coefficient (Wildman–Crippen LogP) is 2.21. The topological polar surface area (TPSA) is 85.6 Å². The standard InChI is InChI=1S/C14H23N3O3/c1-14(2,3)20-13(18)17-8-7-16-10-5-6-11(15)12(9-10)19-4/h5-6,9,16H,7-8,15H2,1-4H3,(H,17,18). The molecule has 0 aliphatic carbocycles. The highest BCUT2D eigenvalue weighted by Gasteiger charge is 2.15. The summed E-state index contributed by atoms with van der Waals surface area (Å²) in [4.78, 5) is 11.4. The highest BCUT2D eigenvalue weighted by atomic mass is 16.6. The number of hydrogen-bond acceptors (Lipinski definition) is 5.